The number of benzene rings is 1. The fourth-order valence-corrected chi connectivity index (χ4v) is 3.51. The Morgan fingerprint density at radius 2 is 1.62 bits per heavy atom. The van der Waals surface area contributed by atoms with Gasteiger partial charge in [-0.25, -0.2) is 9.18 Å². The first-order valence-electron chi connectivity index (χ1n) is 9.29. The van der Waals surface area contributed by atoms with Crippen molar-refractivity contribution in [3.05, 3.63) is 30.1 Å². The molecule has 2 aliphatic heterocycles. The van der Waals surface area contributed by atoms with Crippen molar-refractivity contribution >= 4 is 17.6 Å². The van der Waals surface area contributed by atoms with E-state index in [1.807, 2.05) is 4.90 Å². The Labute approximate surface area is 153 Å². The summed E-state index contributed by atoms with van der Waals surface area (Å²) in [5, 5.41) is 2.79. The molecule has 0 radical (unpaired) electrons. The number of carbonyl (C=O) groups is 2. The van der Waals surface area contributed by atoms with Crippen LogP contribution in [-0.2, 0) is 4.79 Å². The number of urea groups is 1. The Balaban J connectivity index is 1.41. The summed E-state index contributed by atoms with van der Waals surface area (Å²) < 4.78 is 12.9. The van der Waals surface area contributed by atoms with E-state index in [1.165, 1.54) is 12.1 Å². The topological polar surface area (TPSA) is 55.9 Å². The number of likely N-dealkylation sites (tertiary alicyclic amines) is 1. The summed E-state index contributed by atoms with van der Waals surface area (Å²) in [6.45, 7) is 4.80. The van der Waals surface area contributed by atoms with Gasteiger partial charge >= 0.3 is 6.03 Å². The second-order valence-electron chi connectivity index (χ2n) is 7.26. The van der Waals surface area contributed by atoms with Gasteiger partial charge in [-0.2, -0.15) is 0 Å². The zero-order chi connectivity index (χ0) is 18.5. The number of piperazine rings is 1. The van der Waals surface area contributed by atoms with E-state index in [-0.39, 0.29) is 17.8 Å². The second-order valence-corrected chi connectivity index (χ2v) is 7.26. The second kappa shape index (κ2) is 8.49. The third-order valence-electron chi connectivity index (χ3n) is 5.32. The first-order valence-corrected chi connectivity index (χ1v) is 9.29. The number of amides is 3. The molecule has 3 rings (SSSR count). The van der Waals surface area contributed by atoms with E-state index < -0.39 is 0 Å². The lowest BCUT2D eigenvalue weighted by atomic mass is 9.93. The number of halogens is 1. The fraction of sp³-hybridized carbons (Fsp3) is 0.579. The molecule has 2 saturated heterocycles. The van der Waals surface area contributed by atoms with Crippen LogP contribution in [0, 0.1) is 11.7 Å². The lowest BCUT2D eigenvalue weighted by Crippen LogP contribution is -2.48. The Hall–Kier alpha value is -2.15. The summed E-state index contributed by atoms with van der Waals surface area (Å²) in [7, 11) is 2.08. The molecule has 6 nitrogen and oxygen atoms in total. The first kappa shape index (κ1) is 18.6. The van der Waals surface area contributed by atoms with E-state index in [2.05, 4.69) is 17.3 Å². The van der Waals surface area contributed by atoms with Gasteiger partial charge in [0.1, 0.15) is 5.82 Å². The number of hydrogen-bond donors (Lipinski definition) is 1. The molecular weight excluding hydrogens is 335 g/mol. The molecule has 2 aliphatic rings. The third kappa shape index (κ3) is 4.94. The van der Waals surface area contributed by atoms with Crippen LogP contribution in [-0.4, -0.2) is 73.0 Å². The molecule has 7 heteroatoms. The molecule has 2 heterocycles. The van der Waals surface area contributed by atoms with Crippen molar-refractivity contribution in [1.82, 2.24) is 14.7 Å². The van der Waals surface area contributed by atoms with Crippen LogP contribution in [0.1, 0.15) is 19.3 Å². The van der Waals surface area contributed by atoms with Crippen LogP contribution < -0.4 is 5.32 Å². The summed E-state index contributed by atoms with van der Waals surface area (Å²) >= 11 is 0. The average molecular weight is 362 g/mol. The highest BCUT2D eigenvalue weighted by Gasteiger charge is 2.27. The Morgan fingerprint density at radius 3 is 2.23 bits per heavy atom. The molecule has 1 aromatic rings. The number of nitrogens with one attached hydrogen (secondary N) is 1. The molecule has 1 aromatic carbocycles. The predicted octanol–water partition coefficient (Wildman–Crippen LogP) is 2.23. The molecule has 2 fully saturated rings. The van der Waals surface area contributed by atoms with Crippen molar-refractivity contribution in [3.63, 3.8) is 0 Å². The Morgan fingerprint density at radius 1 is 1.00 bits per heavy atom. The molecule has 1 N–H and O–H groups in total. The Bertz CT molecular complexity index is 621. The van der Waals surface area contributed by atoms with E-state index in [1.54, 1.807) is 17.0 Å². The molecule has 0 aromatic heterocycles. The molecule has 0 atom stereocenters. The number of anilines is 1. The fourth-order valence-electron chi connectivity index (χ4n) is 3.51. The van der Waals surface area contributed by atoms with E-state index in [0.29, 0.717) is 31.1 Å². The molecular formula is C19H27FN4O2. The molecule has 0 unspecified atom stereocenters. The van der Waals surface area contributed by atoms with Crippen LogP contribution >= 0.6 is 0 Å². The summed E-state index contributed by atoms with van der Waals surface area (Å²) in [5.41, 5.74) is 0.587. The zero-order valence-electron chi connectivity index (χ0n) is 15.3. The number of nitrogens with zero attached hydrogens (tertiary/aromatic N) is 3. The van der Waals surface area contributed by atoms with Crippen molar-refractivity contribution in [2.75, 3.05) is 51.6 Å². The largest absolute Gasteiger partial charge is 0.340 e. The highest BCUT2D eigenvalue weighted by Crippen LogP contribution is 2.22. The highest BCUT2D eigenvalue weighted by molar-refractivity contribution is 5.89. The van der Waals surface area contributed by atoms with Crippen molar-refractivity contribution in [2.45, 2.75) is 19.3 Å². The van der Waals surface area contributed by atoms with Crippen LogP contribution in [0.3, 0.4) is 0 Å². The van der Waals surface area contributed by atoms with Gasteiger partial charge in [0.05, 0.1) is 0 Å². The maximum Gasteiger partial charge on any atom is 0.321 e. The first-order chi connectivity index (χ1) is 12.5. The van der Waals surface area contributed by atoms with E-state index in [0.717, 1.165) is 39.0 Å². The lowest BCUT2D eigenvalue weighted by Gasteiger charge is -2.35. The standard InChI is InChI=1S/C19H27FN4O2/c1-22-10-12-23(13-11-22)18(25)14-15-6-8-24(9-7-15)19(26)21-17-4-2-16(20)3-5-17/h2-5,15H,6-14H2,1H3,(H,21,26). The maximum absolute atomic E-state index is 12.9. The molecule has 3 amide bonds. The lowest BCUT2D eigenvalue weighted by molar-refractivity contribution is -0.134. The van der Waals surface area contributed by atoms with E-state index >= 15 is 0 Å². The predicted molar refractivity (Wildman–Crippen MR) is 98.4 cm³/mol. The van der Waals surface area contributed by atoms with Crippen molar-refractivity contribution in [2.24, 2.45) is 5.92 Å². The Kier molecular flexibility index (Phi) is 6.08. The van der Waals surface area contributed by atoms with Gasteiger partial charge in [0.25, 0.3) is 0 Å². The van der Waals surface area contributed by atoms with Crippen LogP contribution in [0.2, 0.25) is 0 Å². The number of likely N-dealkylation sites (N-methyl/N-ethyl adjacent to an activating group) is 1. The summed E-state index contributed by atoms with van der Waals surface area (Å²) in [4.78, 5) is 30.7. The van der Waals surface area contributed by atoms with Gasteiger partial charge in [-0.1, -0.05) is 0 Å². The molecule has 0 spiro atoms. The minimum Gasteiger partial charge on any atom is -0.340 e. The normalized spacial score (nSPS) is 19.5. The molecule has 0 bridgehead atoms. The van der Waals surface area contributed by atoms with Gasteiger partial charge in [-0.3, -0.25) is 4.79 Å². The smallest absolute Gasteiger partial charge is 0.321 e. The number of rotatable bonds is 3. The third-order valence-corrected chi connectivity index (χ3v) is 5.32. The highest BCUT2D eigenvalue weighted by atomic mass is 19.1. The van der Waals surface area contributed by atoms with Crippen LogP contribution in [0.25, 0.3) is 0 Å². The minimum absolute atomic E-state index is 0.166. The van der Waals surface area contributed by atoms with Gasteiger partial charge in [-0.05, 0) is 50.1 Å². The van der Waals surface area contributed by atoms with Crippen molar-refractivity contribution in [3.8, 4) is 0 Å². The molecule has 26 heavy (non-hydrogen) atoms. The van der Waals surface area contributed by atoms with Crippen molar-refractivity contribution < 1.29 is 14.0 Å². The molecule has 0 saturated carbocycles. The quantitative estimate of drug-likeness (QED) is 0.897. The molecule has 0 aliphatic carbocycles. The van der Waals surface area contributed by atoms with Gasteiger partial charge in [0.2, 0.25) is 5.91 Å². The molecule has 142 valence electrons. The van der Waals surface area contributed by atoms with Crippen LogP contribution in [0.5, 0.6) is 0 Å². The van der Waals surface area contributed by atoms with Gasteiger partial charge in [-0.15, -0.1) is 0 Å². The number of piperidine rings is 1. The van der Waals surface area contributed by atoms with Gasteiger partial charge in [0, 0.05) is 51.4 Å². The number of hydrogen-bond acceptors (Lipinski definition) is 3. The van der Waals surface area contributed by atoms with E-state index in [9.17, 15) is 14.0 Å². The zero-order valence-corrected chi connectivity index (χ0v) is 15.3. The van der Waals surface area contributed by atoms with Gasteiger partial charge in [0.15, 0.2) is 0 Å². The van der Waals surface area contributed by atoms with Crippen molar-refractivity contribution in [1.29, 1.82) is 0 Å². The average Bonchev–Trinajstić information content (AvgIpc) is 2.64. The van der Waals surface area contributed by atoms with Gasteiger partial charge < -0.3 is 20.0 Å². The monoisotopic (exact) mass is 362 g/mol. The maximum atomic E-state index is 12.9. The minimum atomic E-state index is -0.325. The van der Waals surface area contributed by atoms with Crippen LogP contribution in [0.15, 0.2) is 24.3 Å². The number of carbonyl (C=O) groups excluding carboxylic acids is 2. The van der Waals surface area contributed by atoms with Crippen LogP contribution in [0.4, 0.5) is 14.9 Å². The summed E-state index contributed by atoms with van der Waals surface area (Å²) in [6, 6.07) is 5.58. The summed E-state index contributed by atoms with van der Waals surface area (Å²) in [6.07, 6.45) is 2.27. The summed E-state index contributed by atoms with van der Waals surface area (Å²) in [5.74, 6) is 0.262. The van der Waals surface area contributed by atoms with E-state index in [4.69, 9.17) is 0 Å². The SMILES string of the molecule is CN1CCN(C(=O)CC2CCN(C(=O)Nc3ccc(F)cc3)CC2)CC1.